The highest BCUT2D eigenvalue weighted by molar-refractivity contribution is 7.91. The van der Waals surface area contributed by atoms with Crippen molar-refractivity contribution in [2.24, 2.45) is 0 Å². The molecule has 148 valence electrons. The van der Waals surface area contributed by atoms with E-state index in [1.54, 1.807) is 31.2 Å². The summed E-state index contributed by atoms with van der Waals surface area (Å²) in [6, 6.07) is 8.44. The third kappa shape index (κ3) is 3.27. The Morgan fingerprint density at radius 3 is 2.50 bits per heavy atom. The molecule has 1 aliphatic heterocycles. The molecule has 0 bridgehead atoms. The second-order valence-electron chi connectivity index (χ2n) is 6.74. The predicted octanol–water partition coefficient (Wildman–Crippen LogP) is 2.35. The zero-order valence-corrected chi connectivity index (χ0v) is 17.8. The maximum Gasteiger partial charge on any atom is 0.266 e. The van der Waals surface area contributed by atoms with Crippen LogP contribution in [0.2, 0.25) is 5.02 Å². The molecule has 1 saturated heterocycles. The maximum absolute atomic E-state index is 13.1. The number of thiophene rings is 1. The largest absolute Gasteiger partial charge is 0.304 e. The Morgan fingerprint density at radius 2 is 1.82 bits per heavy atom. The van der Waals surface area contributed by atoms with Gasteiger partial charge in [-0.3, -0.25) is 9.36 Å². The number of aryl methyl sites for hydroxylation is 1. The van der Waals surface area contributed by atoms with Gasteiger partial charge in [0, 0.05) is 26.2 Å². The van der Waals surface area contributed by atoms with E-state index in [-0.39, 0.29) is 15.2 Å². The molecule has 0 aliphatic carbocycles. The minimum atomic E-state index is -3.65. The topological polar surface area (TPSA) is 75.5 Å². The minimum absolute atomic E-state index is 0.146. The molecule has 7 nitrogen and oxygen atoms in total. The fraction of sp³-hybridized carbons (Fsp3) is 0.333. The molecule has 1 fully saturated rings. The van der Waals surface area contributed by atoms with Gasteiger partial charge in [0.05, 0.1) is 16.1 Å². The molecule has 0 radical (unpaired) electrons. The van der Waals surface area contributed by atoms with Crippen molar-refractivity contribution in [3.63, 3.8) is 0 Å². The minimum Gasteiger partial charge on any atom is -0.304 e. The van der Waals surface area contributed by atoms with Crippen LogP contribution < -0.4 is 5.56 Å². The van der Waals surface area contributed by atoms with Crippen LogP contribution in [0.15, 0.2) is 39.3 Å². The lowest BCUT2D eigenvalue weighted by atomic mass is 10.3. The molecular weight excluding hydrogens is 420 g/mol. The van der Waals surface area contributed by atoms with Gasteiger partial charge in [-0.2, -0.15) is 4.31 Å². The summed E-state index contributed by atoms with van der Waals surface area (Å²) in [5, 5.41) is 0.706. The second kappa shape index (κ2) is 7.23. The van der Waals surface area contributed by atoms with Crippen molar-refractivity contribution >= 4 is 43.2 Å². The van der Waals surface area contributed by atoms with Gasteiger partial charge >= 0.3 is 0 Å². The first-order valence-corrected chi connectivity index (χ1v) is 11.4. The van der Waals surface area contributed by atoms with Crippen molar-refractivity contribution in [2.75, 3.05) is 33.2 Å². The lowest BCUT2D eigenvalue weighted by molar-refractivity contribution is 0.222. The average molecular weight is 439 g/mol. The van der Waals surface area contributed by atoms with Crippen molar-refractivity contribution < 1.29 is 8.42 Å². The Balaban J connectivity index is 1.84. The molecule has 3 aromatic rings. The van der Waals surface area contributed by atoms with Gasteiger partial charge in [-0.05, 0) is 32.2 Å². The normalized spacial score (nSPS) is 16.7. The SMILES string of the molecule is Cc1nc2sc(S(=O)(=O)N3CCN(C)CC3)cc2c(=O)n1-c1ccccc1Cl. The van der Waals surface area contributed by atoms with E-state index in [0.29, 0.717) is 47.5 Å². The Morgan fingerprint density at radius 1 is 1.14 bits per heavy atom. The zero-order chi connectivity index (χ0) is 20.1. The van der Waals surface area contributed by atoms with Gasteiger partial charge in [0.15, 0.2) is 0 Å². The standard InChI is InChI=1S/C18H19ClN4O3S2/c1-12-20-17-13(18(24)23(12)15-6-4-3-5-14(15)19)11-16(27-17)28(25,26)22-9-7-21(2)8-10-22/h3-6,11H,7-10H2,1-2H3. The molecule has 0 atom stereocenters. The van der Waals surface area contributed by atoms with Crippen LogP contribution in [0.4, 0.5) is 0 Å². The van der Waals surface area contributed by atoms with E-state index in [2.05, 4.69) is 9.88 Å². The Kier molecular flexibility index (Phi) is 5.05. The number of halogens is 1. The number of piperazine rings is 1. The summed E-state index contributed by atoms with van der Waals surface area (Å²) in [5.41, 5.74) is 0.197. The van der Waals surface area contributed by atoms with Gasteiger partial charge in [0.25, 0.3) is 15.6 Å². The van der Waals surface area contributed by atoms with Crippen LogP contribution >= 0.6 is 22.9 Å². The summed E-state index contributed by atoms with van der Waals surface area (Å²) in [5.74, 6) is 0.455. The molecule has 10 heteroatoms. The van der Waals surface area contributed by atoms with Gasteiger partial charge in [0.1, 0.15) is 14.9 Å². The zero-order valence-electron chi connectivity index (χ0n) is 15.4. The highest BCUT2D eigenvalue weighted by Gasteiger charge is 2.30. The Bertz CT molecular complexity index is 1210. The van der Waals surface area contributed by atoms with Gasteiger partial charge in [0.2, 0.25) is 0 Å². The fourth-order valence-corrected chi connectivity index (χ4v) is 6.42. The van der Waals surface area contributed by atoms with Crippen molar-refractivity contribution in [3.8, 4) is 5.69 Å². The third-order valence-corrected chi connectivity index (χ3v) is 8.56. The van der Waals surface area contributed by atoms with Crippen LogP contribution in [0.1, 0.15) is 5.82 Å². The predicted molar refractivity (Wildman–Crippen MR) is 111 cm³/mol. The molecule has 0 N–H and O–H groups in total. The smallest absolute Gasteiger partial charge is 0.266 e. The first-order chi connectivity index (χ1) is 13.3. The number of para-hydroxylation sites is 1. The number of rotatable bonds is 3. The van der Waals surface area contributed by atoms with Crippen molar-refractivity contribution in [1.29, 1.82) is 0 Å². The first kappa shape index (κ1) is 19.5. The van der Waals surface area contributed by atoms with E-state index in [1.165, 1.54) is 14.9 Å². The molecular formula is C18H19ClN4O3S2. The summed E-state index contributed by atoms with van der Waals surface area (Å²) in [4.78, 5) is 20.1. The van der Waals surface area contributed by atoms with Gasteiger partial charge < -0.3 is 4.90 Å². The summed E-state index contributed by atoms with van der Waals surface area (Å²) in [7, 11) is -1.69. The number of aromatic nitrogens is 2. The van der Waals surface area contributed by atoms with Crippen molar-refractivity contribution in [1.82, 2.24) is 18.8 Å². The molecule has 0 saturated carbocycles. The molecule has 28 heavy (non-hydrogen) atoms. The average Bonchev–Trinajstić information content (AvgIpc) is 3.09. The van der Waals surface area contributed by atoms with Crippen LogP contribution in [-0.4, -0.2) is 60.4 Å². The number of likely N-dealkylation sites (N-methyl/N-ethyl adjacent to an activating group) is 1. The maximum atomic E-state index is 13.1. The van der Waals surface area contributed by atoms with Crippen LogP contribution in [0, 0.1) is 6.92 Å². The number of hydrogen-bond acceptors (Lipinski definition) is 6. The van der Waals surface area contributed by atoms with Crippen LogP contribution in [-0.2, 0) is 10.0 Å². The van der Waals surface area contributed by atoms with Crippen molar-refractivity contribution in [3.05, 3.63) is 51.5 Å². The highest BCUT2D eigenvalue weighted by Crippen LogP contribution is 2.30. The summed E-state index contributed by atoms with van der Waals surface area (Å²) < 4.78 is 29.1. The number of hydrogen-bond donors (Lipinski definition) is 0. The number of fused-ring (bicyclic) bond motifs is 1. The summed E-state index contributed by atoms with van der Waals surface area (Å²) in [6.45, 7) is 3.94. The molecule has 3 heterocycles. The van der Waals surface area contributed by atoms with Crippen molar-refractivity contribution in [2.45, 2.75) is 11.1 Å². The number of sulfonamides is 1. The highest BCUT2D eigenvalue weighted by atomic mass is 35.5. The molecule has 0 amide bonds. The molecule has 1 aromatic carbocycles. The molecule has 2 aromatic heterocycles. The quantitative estimate of drug-likeness (QED) is 0.627. The van der Waals surface area contributed by atoms with Gasteiger partial charge in [-0.25, -0.2) is 13.4 Å². The first-order valence-electron chi connectivity index (χ1n) is 8.76. The van der Waals surface area contributed by atoms with E-state index in [0.717, 1.165) is 11.3 Å². The van der Waals surface area contributed by atoms with Crippen LogP contribution in [0.3, 0.4) is 0 Å². The number of benzene rings is 1. The Labute approximate surface area is 171 Å². The third-order valence-electron chi connectivity index (χ3n) is 4.86. The Hall–Kier alpha value is -1.78. The van der Waals surface area contributed by atoms with E-state index in [4.69, 9.17) is 11.6 Å². The molecule has 1 aliphatic rings. The lowest BCUT2D eigenvalue weighted by Crippen LogP contribution is -2.46. The number of nitrogens with zero attached hydrogens (tertiary/aromatic N) is 4. The summed E-state index contributed by atoms with van der Waals surface area (Å²) in [6.07, 6.45) is 0. The second-order valence-corrected chi connectivity index (χ2v) is 10.3. The molecule has 0 unspecified atom stereocenters. The van der Waals surface area contributed by atoms with E-state index < -0.39 is 10.0 Å². The van der Waals surface area contributed by atoms with Gasteiger partial charge in [-0.15, -0.1) is 11.3 Å². The molecule has 4 rings (SSSR count). The van der Waals surface area contributed by atoms with Crippen LogP contribution in [0.5, 0.6) is 0 Å². The lowest BCUT2D eigenvalue weighted by Gasteiger charge is -2.31. The van der Waals surface area contributed by atoms with E-state index in [9.17, 15) is 13.2 Å². The summed E-state index contributed by atoms with van der Waals surface area (Å²) >= 11 is 7.29. The van der Waals surface area contributed by atoms with Gasteiger partial charge in [-0.1, -0.05) is 23.7 Å². The van der Waals surface area contributed by atoms with Crippen LogP contribution in [0.25, 0.3) is 15.9 Å². The van der Waals surface area contributed by atoms with E-state index >= 15 is 0 Å². The fourth-order valence-electron chi connectivity index (χ4n) is 3.26. The van der Waals surface area contributed by atoms with E-state index in [1.807, 2.05) is 7.05 Å². The monoisotopic (exact) mass is 438 g/mol. The molecule has 0 spiro atoms.